The van der Waals surface area contributed by atoms with Crippen LogP contribution >= 0.6 is 27.7 Å². The van der Waals surface area contributed by atoms with Crippen LogP contribution in [0.4, 0.5) is 0 Å². The van der Waals surface area contributed by atoms with Crippen LogP contribution in [0.1, 0.15) is 31.9 Å². The topological polar surface area (TPSA) is 20.2 Å². The third-order valence-corrected chi connectivity index (χ3v) is 4.10. The molecule has 0 amide bonds. The summed E-state index contributed by atoms with van der Waals surface area (Å²) < 4.78 is 1.08. The van der Waals surface area contributed by atoms with Crippen molar-refractivity contribution in [2.24, 2.45) is 0 Å². The molecule has 0 bridgehead atoms. The van der Waals surface area contributed by atoms with E-state index in [0.717, 1.165) is 15.8 Å². The Morgan fingerprint density at radius 1 is 1.50 bits per heavy atom. The minimum absolute atomic E-state index is 0.392. The number of benzene rings is 1. The second-order valence-corrected chi connectivity index (χ2v) is 5.21. The van der Waals surface area contributed by atoms with Crippen molar-refractivity contribution in [3.05, 3.63) is 28.2 Å². The fourth-order valence-electron chi connectivity index (χ4n) is 1.11. The molecule has 1 nitrogen and oxygen atoms in total. The smallest absolute Gasteiger partial charge is 0.0762 e. The first-order chi connectivity index (χ1) is 6.65. The van der Waals surface area contributed by atoms with Crippen LogP contribution in [0.2, 0.25) is 0 Å². The molecule has 0 saturated carbocycles. The lowest BCUT2D eigenvalue weighted by Gasteiger charge is -2.08. The molecule has 3 heteroatoms. The number of hydrogen-bond donors (Lipinski definition) is 1. The Kier molecular flexibility index (Phi) is 4.99. The maximum absolute atomic E-state index is 9.39. The highest BCUT2D eigenvalue weighted by Crippen LogP contribution is 2.30. The summed E-state index contributed by atoms with van der Waals surface area (Å²) in [6, 6.07) is 6.03. The summed E-state index contributed by atoms with van der Waals surface area (Å²) in [6.45, 7) is 3.95. The lowest BCUT2D eigenvalue weighted by atomic mass is 10.1. The predicted octanol–water partition coefficient (Wildman–Crippen LogP) is 4.00. The maximum Gasteiger partial charge on any atom is 0.0762 e. The van der Waals surface area contributed by atoms with Crippen molar-refractivity contribution in [3.8, 4) is 0 Å². The fraction of sp³-hybridized carbons (Fsp3) is 0.455. The van der Waals surface area contributed by atoms with Gasteiger partial charge in [-0.1, -0.05) is 13.0 Å². The second-order valence-electron chi connectivity index (χ2n) is 3.21. The third kappa shape index (κ3) is 3.30. The first kappa shape index (κ1) is 12.1. The molecule has 0 saturated heterocycles. The van der Waals surface area contributed by atoms with Crippen LogP contribution in [-0.2, 0) is 0 Å². The Morgan fingerprint density at radius 2 is 2.21 bits per heavy atom. The Labute approximate surface area is 98.0 Å². The Hall–Kier alpha value is 0.01000. The third-order valence-electron chi connectivity index (χ3n) is 1.90. The van der Waals surface area contributed by atoms with Gasteiger partial charge in [0.1, 0.15) is 0 Å². The molecule has 78 valence electrons. The molecule has 0 heterocycles. The molecule has 0 aromatic heterocycles. The first-order valence-electron chi connectivity index (χ1n) is 4.75. The second kappa shape index (κ2) is 5.79. The summed E-state index contributed by atoms with van der Waals surface area (Å²) in [5.74, 6) is 1.13. The summed E-state index contributed by atoms with van der Waals surface area (Å²) in [6.07, 6.45) is 0.784. The van der Waals surface area contributed by atoms with Gasteiger partial charge in [0.25, 0.3) is 0 Å². The highest BCUT2D eigenvalue weighted by atomic mass is 79.9. The molecule has 1 N–H and O–H groups in total. The Bertz CT molecular complexity index is 299. The summed E-state index contributed by atoms with van der Waals surface area (Å²) in [5.41, 5.74) is 0.956. The average Bonchev–Trinajstić information content (AvgIpc) is 2.15. The minimum atomic E-state index is -0.392. The largest absolute Gasteiger partial charge is 0.389 e. The van der Waals surface area contributed by atoms with Gasteiger partial charge in [-0.05, 0) is 52.7 Å². The summed E-state index contributed by atoms with van der Waals surface area (Å²) in [7, 11) is 0. The number of thioether (sulfide) groups is 1. The van der Waals surface area contributed by atoms with Gasteiger partial charge < -0.3 is 5.11 Å². The van der Waals surface area contributed by atoms with Crippen LogP contribution < -0.4 is 0 Å². The van der Waals surface area contributed by atoms with Crippen molar-refractivity contribution in [1.82, 2.24) is 0 Å². The van der Waals surface area contributed by atoms with E-state index in [4.69, 9.17) is 0 Å². The SMILES string of the molecule is CCCSc1ccc([C@@H](C)O)cc1Br. The highest BCUT2D eigenvalue weighted by Gasteiger charge is 2.05. The highest BCUT2D eigenvalue weighted by molar-refractivity contribution is 9.10. The molecule has 0 spiro atoms. The molecule has 0 aliphatic rings. The maximum atomic E-state index is 9.39. The molecule has 1 rings (SSSR count). The predicted molar refractivity (Wildman–Crippen MR) is 65.8 cm³/mol. The first-order valence-corrected chi connectivity index (χ1v) is 6.53. The number of aliphatic hydroxyl groups is 1. The molecule has 0 radical (unpaired) electrons. The van der Waals surface area contributed by atoms with Crippen LogP contribution in [0, 0.1) is 0 Å². The van der Waals surface area contributed by atoms with Crippen LogP contribution in [-0.4, -0.2) is 10.9 Å². The lowest BCUT2D eigenvalue weighted by molar-refractivity contribution is 0.199. The van der Waals surface area contributed by atoms with Crippen LogP contribution in [0.15, 0.2) is 27.6 Å². The summed E-state index contributed by atoms with van der Waals surface area (Å²) in [4.78, 5) is 1.25. The van der Waals surface area contributed by atoms with E-state index in [2.05, 4.69) is 28.9 Å². The monoisotopic (exact) mass is 274 g/mol. The van der Waals surface area contributed by atoms with Gasteiger partial charge in [0, 0.05) is 9.37 Å². The van der Waals surface area contributed by atoms with Crippen molar-refractivity contribution in [1.29, 1.82) is 0 Å². The molecule has 1 atom stereocenters. The van der Waals surface area contributed by atoms with Gasteiger partial charge in [-0.3, -0.25) is 0 Å². The van der Waals surface area contributed by atoms with E-state index in [1.807, 2.05) is 23.9 Å². The van der Waals surface area contributed by atoms with Gasteiger partial charge in [-0.25, -0.2) is 0 Å². The number of hydrogen-bond acceptors (Lipinski definition) is 2. The van der Waals surface area contributed by atoms with Gasteiger partial charge in [0.05, 0.1) is 6.10 Å². The molecule has 0 aliphatic carbocycles. The zero-order chi connectivity index (χ0) is 10.6. The van der Waals surface area contributed by atoms with Crippen molar-refractivity contribution < 1.29 is 5.11 Å². The Balaban J connectivity index is 2.79. The van der Waals surface area contributed by atoms with Crippen LogP contribution in [0.3, 0.4) is 0 Å². The quantitative estimate of drug-likeness (QED) is 0.838. The van der Waals surface area contributed by atoms with Crippen molar-refractivity contribution in [2.75, 3.05) is 5.75 Å². The number of aliphatic hydroxyl groups excluding tert-OH is 1. The molecular weight excluding hydrogens is 260 g/mol. The van der Waals surface area contributed by atoms with E-state index < -0.39 is 6.10 Å². The van der Waals surface area contributed by atoms with Crippen molar-refractivity contribution in [3.63, 3.8) is 0 Å². The summed E-state index contributed by atoms with van der Waals surface area (Å²) in [5, 5.41) is 9.39. The molecule has 14 heavy (non-hydrogen) atoms. The molecule has 0 aliphatic heterocycles. The molecule has 1 aromatic carbocycles. The average molecular weight is 275 g/mol. The number of rotatable bonds is 4. The van der Waals surface area contributed by atoms with Crippen molar-refractivity contribution in [2.45, 2.75) is 31.3 Å². The molecule has 0 fully saturated rings. The molecule has 0 unspecified atom stereocenters. The van der Waals surface area contributed by atoms with E-state index in [1.165, 1.54) is 11.3 Å². The van der Waals surface area contributed by atoms with Gasteiger partial charge in [0.2, 0.25) is 0 Å². The van der Waals surface area contributed by atoms with E-state index in [1.54, 1.807) is 6.92 Å². The standard InChI is InChI=1S/C11H15BrOS/c1-3-6-14-11-5-4-9(8(2)13)7-10(11)12/h4-5,7-8,13H,3,6H2,1-2H3/t8-/m1/s1. The van der Waals surface area contributed by atoms with E-state index in [0.29, 0.717) is 0 Å². The van der Waals surface area contributed by atoms with Crippen LogP contribution in [0.5, 0.6) is 0 Å². The zero-order valence-corrected chi connectivity index (χ0v) is 10.9. The van der Waals surface area contributed by atoms with E-state index in [9.17, 15) is 5.11 Å². The van der Waals surface area contributed by atoms with Crippen molar-refractivity contribution >= 4 is 27.7 Å². The zero-order valence-electron chi connectivity index (χ0n) is 8.46. The molecule has 1 aromatic rings. The van der Waals surface area contributed by atoms with Gasteiger partial charge in [-0.2, -0.15) is 0 Å². The fourth-order valence-corrected chi connectivity index (χ4v) is 2.63. The normalized spacial score (nSPS) is 12.9. The molecular formula is C11H15BrOS. The Morgan fingerprint density at radius 3 is 2.71 bits per heavy atom. The summed E-state index contributed by atoms with van der Waals surface area (Å²) >= 11 is 5.35. The van der Waals surface area contributed by atoms with Gasteiger partial charge >= 0.3 is 0 Å². The van der Waals surface area contributed by atoms with Gasteiger partial charge in [-0.15, -0.1) is 11.8 Å². The van der Waals surface area contributed by atoms with Gasteiger partial charge in [0.15, 0.2) is 0 Å². The van der Waals surface area contributed by atoms with E-state index in [-0.39, 0.29) is 0 Å². The lowest BCUT2D eigenvalue weighted by Crippen LogP contribution is -1.91. The van der Waals surface area contributed by atoms with Crippen LogP contribution in [0.25, 0.3) is 0 Å². The van der Waals surface area contributed by atoms with E-state index >= 15 is 0 Å². The number of halogens is 1. The minimum Gasteiger partial charge on any atom is -0.389 e.